The van der Waals surface area contributed by atoms with Crippen LogP contribution in [-0.2, 0) is 0 Å². The van der Waals surface area contributed by atoms with Gasteiger partial charge in [0, 0.05) is 5.57 Å². The topological polar surface area (TPSA) is 0 Å². The summed E-state index contributed by atoms with van der Waals surface area (Å²) in [6.07, 6.45) is -1.19. The third-order valence-electron chi connectivity index (χ3n) is 1.03. The van der Waals surface area contributed by atoms with Crippen LogP contribution in [0.2, 0.25) is 0 Å². The molecule has 0 aromatic heterocycles. The van der Waals surface area contributed by atoms with Crippen LogP contribution in [0.5, 0.6) is 0 Å². The van der Waals surface area contributed by atoms with Crippen LogP contribution in [0.1, 0.15) is 13.8 Å². The van der Waals surface area contributed by atoms with E-state index in [1.54, 1.807) is 13.8 Å². The Hall–Kier alpha value is -0.660. The molecule has 0 N–H and O–H groups in total. The first-order valence-corrected chi connectivity index (χ1v) is 2.67. The lowest BCUT2D eigenvalue weighted by Crippen LogP contribution is -1.94. The lowest BCUT2D eigenvalue weighted by molar-refractivity contribution is 0.193. The van der Waals surface area contributed by atoms with Gasteiger partial charge in [-0.1, -0.05) is 18.2 Å². The molecule has 0 aliphatic carbocycles. The maximum Gasteiger partial charge on any atom is 0.263 e. The highest BCUT2D eigenvalue weighted by Crippen LogP contribution is 2.13. The summed E-state index contributed by atoms with van der Waals surface area (Å²) in [5.41, 5.74) is 0.662. The second-order valence-corrected chi connectivity index (χ2v) is 1.96. The van der Waals surface area contributed by atoms with Crippen LogP contribution in [0.3, 0.4) is 0 Å². The molecule has 0 fully saturated rings. The molecule has 0 atom stereocenters. The zero-order valence-electron chi connectivity index (χ0n) is 5.62. The van der Waals surface area contributed by atoms with Crippen molar-refractivity contribution in [1.82, 2.24) is 0 Å². The van der Waals surface area contributed by atoms with Crippen molar-refractivity contribution in [2.75, 3.05) is 0 Å². The van der Waals surface area contributed by atoms with E-state index in [2.05, 4.69) is 6.58 Å². The maximum atomic E-state index is 11.8. The van der Waals surface area contributed by atoms with Gasteiger partial charge in [0.1, 0.15) is 0 Å². The standard InChI is InChI=1S/C7H10F2/c1-4-6(5(2)3)7(8)9/h4,7H,1H2,2-3H3. The van der Waals surface area contributed by atoms with E-state index in [9.17, 15) is 8.78 Å². The summed E-state index contributed by atoms with van der Waals surface area (Å²) in [6, 6.07) is 0. The monoisotopic (exact) mass is 132 g/mol. The minimum Gasteiger partial charge on any atom is -0.205 e. The van der Waals surface area contributed by atoms with Gasteiger partial charge in [0.15, 0.2) is 0 Å². The lowest BCUT2D eigenvalue weighted by Gasteiger charge is -2.00. The molecular formula is C7H10F2. The van der Waals surface area contributed by atoms with E-state index in [1.165, 1.54) is 6.08 Å². The van der Waals surface area contributed by atoms with Crippen LogP contribution < -0.4 is 0 Å². The van der Waals surface area contributed by atoms with Crippen LogP contribution in [0.25, 0.3) is 0 Å². The van der Waals surface area contributed by atoms with Gasteiger partial charge in [0.25, 0.3) is 6.43 Å². The Morgan fingerprint density at radius 1 is 1.44 bits per heavy atom. The fourth-order valence-corrected chi connectivity index (χ4v) is 0.511. The quantitative estimate of drug-likeness (QED) is 0.507. The molecule has 9 heavy (non-hydrogen) atoms. The summed E-state index contributed by atoms with van der Waals surface area (Å²) in [7, 11) is 0. The van der Waals surface area contributed by atoms with E-state index in [0.717, 1.165) is 0 Å². The highest BCUT2D eigenvalue weighted by atomic mass is 19.3. The van der Waals surface area contributed by atoms with Gasteiger partial charge in [-0.2, -0.15) is 0 Å². The number of allylic oxidation sites excluding steroid dienone is 3. The molecule has 0 unspecified atom stereocenters. The SMILES string of the molecule is C=CC(=C(C)C)C(F)F. The van der Waals surface area contributed by atoms with Crippen molar-refractivity contribution >= 4 is 0 Å². The smallest absolute Gasteiger partial charge is 0.205 e. The van der Waals surface area contributed by atoms with E-state index in [1.807, 2.05) is 0 Å². The summed E-state index contributed by atoms with van der Waals surface area (Å²) in [4.78, 5) is 0. The second kappa shape index (κ2) is 3.38. The molecule has 0 radical (unpaired) electrons. The summed E-state index contributed by atoms with van der Waals surface area (Å²) in [5, 5.41) is 0. The van der Waals surface area contributed by atoms with Gasteiger partial charge in [-0.25, -0.2) is 8.78 Å². The molecule has 0 aliphatic heterocycles. The Kier molecular flexibility index (Phi) is 3.13. The van der Waals surface area contributed by atoms with Gasteiger partial charge >= 0.3 is 0 Å². The zero-order chi connectivity index (χ0) is 7.44. The number of hydrogen-bond donors (Lipinski definition) is 0. The van der Waals surface area contributed by atoms with E-state index in [4.69, 9.17) is 0 Å². The van der Waals surface area contributed by atoms with E-state index in [0.29, 0.717) is 5.57 Å². The normalized spacial score (nSPS) is 9.44. The van der Waals surface area contributed by atoms with Crippen LogP contribution in [-0.4, -0.2) is 6.43 Å². The molecule has 52 valence electrons. The van der Waals surface area contributed by atoms with Gasteiger partial charge in [-0.15, -0.1) is 0 Å². The molecule has 0 rings (SSSR count). The predicted molar refractivity (Wildman–Crippen MR) is 34.6 cm³/mol. The predicted octanol–water partition coefficient (Wildman–Crippen LogP) is 2.77. The molecule has 0 aromatic rings. The largest absolute Gasteiger partial charge is 0.263 e. The summed E-state index contributed by atoms with van der Waals surface area (Å²) in [6.45, 7) is 6.55. The molecule has 0 nitrogen and oxygen atoms in total. The molecule has 0 saturated heterocycles. The van der Waals surface area contributed by atoms with Crippen LogP contribution in [0.15, 0.2) is 23.8 Å². The minimum atomic E-state index is -2.38. The first-order valence-electron chi connectivity index (χ1n) is 2.67. The number of rotatable bonds is 2. The van der Waals surface area contributed by atoms with Gasteiger partial charge in [-0.05, 0) is 13.8 Å². The first kappa shape index (κ1) is 8.34. The Bertz CT molecular complexity index is 130. The molecule has 0 saturated carbocycles. The molecule has 0 aromatic carbocycles. The highest BCUT2D eigenvalue weighted by molar-refractivity contribution is 5.23. The summed E-state index contributed by atoms with van der Waals surface area (Å²) in [5.74, 6) is 0. The average molecular weight is 132 g/mol. The molecule has 2 heteroatoms. The molecule has 0 heterocycles. The molecular weight excluding hydrogens is 122 g/mol. The zero-order valence-corrected chi connectivity index (χ0v) is 5.62. The first-order chi connectivity index (χ1) is 4.09. The Labute approximate surface area is 53.9 Å². The van der Waals surface area contributed by atoms with Crippen molar-refractivity contribution in [3.05, 3.63) is 23.8 Å². The van der Waals surface area contributed by atoms with Gasteiger partial charge in [-0.3, -0.25) is 0 Å². The van der Waals surface area contributed by atoms with Crippen molar-refractivity contribution in [3.63, 3.8) is 0 Å². The Morgan fingerprint density at radius 2 is 1.89 bits per heavy atom. The van der Waals surface area contributed by atoms with E-state index in [-0.39, 0.29) is 5.57 Å². The van der Waals surface area contributed by atoms with Crippen LogP contribution in [0, 0.1) is 0 Å². The van der Waals surface area contributed by atoms with Crippen LogP contribution in [0.4, 0.5) is 8.78 Å². The van der Waals surface area contributed by atoms with E-state index >= 15 is 0 Å². The fourth-order valence-electron chi connectivity index (χ4n) is 0.511. The minimum absolute atomic E-state index is 0.0370. The highest BCUT2D eigenvalue weighted by Gasteiger charge is 2.07. The Morgan fingerprint density at radius 3 is 1.89 bits per heavy atom. The van der Waals surface area contributed by atoms with Crippen LogP contribution >= 0.6 is 0 Å². The molecule has 0 spiro atoms. The Balaban J connectivity index is 4.34. The van der Waals surface area contributed by atoms with Crippen molar-refractivity contribution < 1.29 is 8.78 Å². The summed E-state index contributed by atoms with van der Waals surface area (Å²) < 4.78 is 23.6. The third-order valence-corrected chi connectivity index (χ3v) is 1.03. The molecule has 0 amide bonds. The number of halogens is 2. The average Bonchev–Trinajstić information content (AvgIpc) is 1.64. The van der Waals surface area contributed by atoms with Gasteiger partial charge in [0.05, 0.1) is 0 Å². The lowest BCUT2D eigenvalue weighted by atomic mass is 10.1. The number of alkyl halides is 2. The molecule has 0 bridgehead atoms. The van der Waals surface area contributed by atoms with Crippen molar-refractivity contribution in [2.45, 2.75) is 20.3 Å². The maximum absolute atomic E-state index is 11.8. The van der Waals surface area contributed by atoms with Gasteiger partial charge in [0.2, 0.25) is 0 Å². The molecule has 0 aliphatic rings. The number of hydrogen-bond acceptors (Lipinski definition) is 0. The van der Waals surface area contributed by atoms with Crippen molar-refractivity contribution in [2.24, 2.45) is 0 Å². The fraction of sp³-hybridized carbons (Fsp3) is 0.429. The van der Waals surface area contributed by atoms with E-state index < -0.39 is 6.43 Å². The van der Waals surface area contributed by atoms with Crippen molar-refractivity contribution in [1.29, 1.82) is 0 Å². The third kappa shape index (κ3) is 2.40. The second-order valence-electron chi connectivity index (χ2n) is 1.96. The van der Waals surface area contributed by atoms with Gasteiger partial charge < -0.3 is 0 Å². The van der Waals surface area contributed by atoms with Crippen molar-refractivity contribution in [3.8, 4) is 0 Å². The summed E-state index contributed by atoms with van der Waals surface area (Å²) >= 11 is 0.